The molecule has 128 valence electrons. The van der Waals surface area contributed by atoms with Gasteiger partial charge in [0.25, 0.3) is 0 Å². The molecule has 3 rings (SSSR count). The molecule has 0 aromatic heterocycles. The lowest BCUT2D eigenvalue weighted by molar-refractivity contribution is -0.290. The first-order chi connectivity index (χ1) is 11.4. The van der Waals surface area contributed by atoms with Crippen LogP contribution in [0.25, 0.3) is 0 Å². The van der Waals surface area contributed by atoms with Gasteiger partial charge in [-0.25, -0.2) is 0 Å². The molecule has 1 aliphatic heterocycles. The van der Waals surface area contributed by atoms with Crippen molar-refractivity contribution in [2.45, 2.75) is 30.7 Å². The average Bonchev–Trinajstić information content (AvgIpc) is 2.59. The van der Waals surface area contributed by atoms with Gasteiger partial charge in [-0.05, 0) is 0 Å². The van der Waals surface area contributed by atoms with Crippen molar-refractivity contribution >= 4 is 11.6 Å². The highest BCUT2D eigenvalue weighted by molar-refractivity contribution is 6.23. The highest BCUT2D eigenvalue weighted by atomic mass is 16.7. The molecule has 5 atom stereocenters. The molecule has 1 aromatic carbocycles. The number of Topliss-reactive ketones (excluding diaryl/α,β-unsaturated/α-hetero) is 1. The fraction of sp³-hybridized carbons (Fsp3) is 0.375. The standard InChI is InChI=1S/C16H16O8/c17-6-11-13(20)14(21)15(22)16(24-11)23-10-5-9(18)7-3-1-2-4-8(7)12(10)19/h1-5,11,13-17,20-22H,6H2/t11-,13-,14+,15-,16-/m1/s1. The van der Waals surface area contributed by atoms with Crippen LogP contribution in [0.4, 0.5) is 0 Å². The van der Waals surface area contributed by atoms with Gasteiger partial charge in [-0.1, -0.05) is 24.3 Å². The number of allylic oxidation sites excluding steroid dienone is 2. The smallest absolute Gasteiger partial charge is 0.229 e. The molecule has 0 amide bonds. The fourth-order valence-electron chi connectivity index (χ4n) is 2.67. The first kappa shape index (κ1) is 16.7. The Labute approximate surface area is 136 Å². The minimum Gasteiger partial charge on any atom is -0.458 e. The van der Waals surface area contributed by atoms with Crippen molar-refractivity contribution in [1.29, 1.82) is 0 Å². The van der Waals surface area contributed by atoms with E-state index in [0.29, 0.717) is 0 Å². The van der Waals surface area contributed by atoms with Gasteiger partial charge in [0.1, 0.15) is 24.4 Å². The minimum atomic E-state index is -1.66. The lowest BCUT2D eigenvalue weighted by atomic mass is 9.93. The Kier molecular flexibility index (Phi) is 4.48. The maximum atomic E-state index is 12.4. The van der Waals surface area contributed by atoms with Crippen LogP contribution in [0.2, 0.25) is 0 Å². The summed E-state index contributed by atoms with van der Waals surface area (Å²) in [7, 11) is 0. The molecule has 8 nitrogen and oxygen atoms in total. The van der Waals surface area contributed by atoms with E-state index in [1.54, 1.807) is 12.1 Å². The number of rotatable bonds is 3. The lowest BCUT2D eigenvalue weighted by Crippen LogP contribution is -2.59. The third-order valence-corrected chi connectivity index (χ3v) is 4.01. The quantitative estimate of drug-likeness (QED) is 0.539. The molecular formula is C16H16O8. The maximum absolute atomic E-state index is 12.4. The van der Waals surface area contributed by atoms with Crippen molar-refractivity contribution in [3.05, 3.63) is 47.2 Å². The third kappa shape index (κ3) is 2.74. The third-order valence-electron chi connectivity index (χ3n) is 4.01. The Morgan fingerprint density at radius 2 is 1.67 bits per heavy atom. The molecule has 0 bridgehead atoms. The highest BCUT2D eigenvalue weighted by Crippen LogP contribution is 2.27. The first-order valence-electron chi connectivity index (χ1n) is 7.31. The Hall–Kier alpha value is -2.10. The number of benzene rings is 1. The predicted octanol–water partition coefficient (Wildman–Crippen LogP) is -1.23. The summed E-state index contributed by atoms with van der Waals surface area (Å²) in [4.78, 5) is 24.5. The molecule has 8 heteroatoms. The predicted molar refractivity (Wildman–Crippen MR) is 78.0 cm³/mol. The zero-order valence-electron chi connectivity index (χ0n) is 12.4. The van der Waals surface area contributed by atoms with Crippen LogP contribution < -0.4 is 0 Å². The van der Waals surface area contributed by atoms with Gasteiger partial charge >= 0.3 is 0 Å². The number of ketones is 2. The Balaban J connectivity index is 1.83. The number of hydrogen-bond acceptors (Lipinski definition) is 8. The summed E-state index contributed by atoms with van der Waals surface area (Å²) in [5.41, 5.74) is 0.397. The normalized spacial score (nSPS) is 33.0. The summed E-state index contributed by atoms with van der Waals surface area (Å²) in [6.07, 6.45) is -6.55. The number of carbonyl (C=O) groups excluding carboxylic acids is 2. The number of aliphatic hydroxyl groups is 4. The fourth-order valence-corrected chi connectivity index (χ4v) is 2.67. The molecule has 1 aromatic rings. The second-order valence-corrected chi connectivity index (χ2v) is 5.56. The van der Waals surface area contributed by atoms with E-state index < -0.39 is 48.9 Å². The average molecular weight is 336 g/mol. The van der Waals surface area contributed by atoms with E-state index in [2.05, 4.69) is 0 Å². The van der Waals surface area contributed by atoms with E-state index in [1.165, 1.54) is 12.1 Å². The van der Waals surface area contributed by atoms with Crippen molar-refractivity contribution in [2.24, 2.45) is 0 Å². The van der Waals surface area contributed by atoms with Crippen LogP contribution in [-0.4, -0.2) is 69.3 Å². The largest absolute Gasteiger partial charge is 0.458 e. The highest BCUT2D eigenvalue weighted by Gasteiger charge is 2.45. The number of aliphatic hydroxyl groups excluding tert-OH is 4. The topological polar surface area (TPSA) is 134 Å². The van der Waals surface area contributed by atoms with Gasteiger partial charge in [0.05, 0.1) is 6.61 Å². The summed E-state index contributed by atoms with van der Waals surface area (Å²) in [5, 5.41) is 38.5. The summed E-state index contributed by atoms with van der Waals surface area (Å²) >= 11 is 0. The second kappa shape index (κ2) is 6.42. The van der Waals surface area contributed by atoms with E-state index in [1.807, 2.05) is 0 Å². The molecule has 0 unspecified atom stereocenters. The SMILES string of the molecule is O=C1C=C(O[C@@H]2O[C@H](CO)[C@@H](O)[C@H](O)[C@H]2O)C(=O)c2ccccc21. The molecule has 2 aliphatic rings. The number of fused-ring (bicyclic) bond motifs is 1. The van der Waals surface area contributed by atoms with Crippen molar-refractivity contribution in [2.75, 3.05) is 6.61 Å². The van der Waals surface area contributed by atoms with E-state index in [-0.39, 0.29) is 16.9 Å². The molecule has 0 spiro atoms. The van der Waals surface area contributed by atoms with Crippen molar-refractivity contribution in [3.8, 4) is 0 Å². The van der Waals surface area contributed by atoms with Crippen LogP contribution in [0.1, 0.15) is 20.7 Å². The molecule has 1 saturated heterocycles. The molecule has 0 radical (unpaired) electrons. The summed E-state index contributed by atoms with van der Waals surface area (Å²) in [6.45, 7) is -0.625. The maximum Gasteiger partial charge on any atom is 0.229 e. The number of ether oxygens (including phenoxy) is 2. The molecule has 1 aliphatic carbocycles. The zero-order valence-corrected chi connectivity index (χ0v) is 12.4. The van der Waals surface area contributed by atoms with E-state index >= 15 is 0 Å². The van der Waals surface area contributed by atoms with Crippen molar-refractivity contribution in [3.63, 3.8) is 0 Å². The minimum absolute atomic E-state index is 0.157. The van der Waals surface area contributed by atoms with Gasteiger partial charge < -0.3 is 29.9 Å². The van der Waals surface area contributed by atoms with Gasteiger partial charge in [0.2, 0.25) is 12.1 Å². The van der Waals surface area contributed by atoms with Crippen LogP contribution in [0.5, 0.6) is 0 Å². The van der Waals surface area contributed by atoms with Crippen LogP contribution in [0.3, 0.4) is 0 Å². The first-order valence-corrected chi connectivity index (χ1v) is 7.31. The van der Waals surface area contributed by atoms with Crippen LogP contribution in [0, 0.1) is 0 Å². The molecular weight excluding hydrogens is 320 g/mol. The van der Waals surface area contributed by atoms with Gasteiger partial charge in [0, 0.05) is 17.2 Å². The lowest BCUT2D eigenvalue weighted by Gasteiger charge is -2.39. The van der Waals surface area contributed by atoms with Crippen LogP contribution in [0.15, 0.2) is 36.1 Å². The summed E-state index contributed by atoms with van der Waals surface area (Å²) < 4.78 is 10.4. The van der Waals surface area contributed by atoms with E-state index in [9.17, 15) is 24.9 Å². The molecule has 0 saturated carbocycles. The number of carbonyl (C=O) groups is 2. The second-order valence-electron chi connectivity index (χ2n) is 5.56. The summed E-state index contributed by atoms with van der Waals surface area (Å²) in [5.74, 6) is -1.35. The Bertz CT molecular complexity index is 695. The van der Waals surface area contributed by atoms with Gasteiger partial charge in [-0.2, -0.15) is 0 Å². The molecule has 1 fully saturated rings. The van der Waals surface area contributed by atoms with Gasteiger partial charge in [0.15, 0.2) is 11.5 Å². The summed E-state index contributed by atoms with van der Waals surface area (Å²) in [6, 6.07) is 6.21. The van der Waals surface area contributed by atoms with E-state index in [0.717, 1.165) is 6.08 Å². The Morgan fingerprint density at radius 1 is 1.00 bits per heavy atom. The van der Waals surface area contributed by atoms with Crippen molar-refractivity contribution < 1.29 is 39.5 Å². The number of hydrogen-bond donors (Lipinski definition) is 4. The molecule has 24 heavy (non-hydrogen) atoms. The van der Waals surface area contributed by atoms with Crippen molar-refractivity contribution in [1.82, 2.24) is 0 Å². The van der Waals surface area contributed by atoms with Gasteiger partial charge in [-0.3, -0.25) is 9.59 Å². The monoisotopic (exact) mass is 336 g/mol. The van der Waals surface area contributed by atoms with Crippen LogP contribution >= 0.6 is 0 Å². The van der Waals surface area contributed by atoms with E-state index in [4.69, 9.17) is 14.6 Å². The van der Waals surface area contributed by atoms with Crippen LogP contribution in [-0.2, 0) is 9.47 Å². The molecule has 4 N–H and O–H groups in total. The molecule has 1 heterocycles. The Morgan fingerprint density at radius 3 is 2.33 bits per heavy atom. The van der Waals surface area contributed by atoms with Gasteiger partial charge in [-0.15, -0.1) is 0 Å². The zero-order chi connectivity index (χ0) is 17.4.